The topological polar surface area (TPSA) is 20.3 Å². The largest absolute Gasteiger partial charge is 0.298 e. The monoisotopic (exact) mass is 251 g/mol. The molecule has 1 aromatic rings. The predicted molar refractivity (Wildman–Crippen MR) is 70.2 cm³/mol. The molecule has 0 spiro atoms. The molecule has 1 unspecified atom stereocenters. The van der Waals surface area contributed by atoms with Crippen molar-refractivity contribution in [2.24, 2.45) is 0 Å². The highest BCUT2D eigenvalue weighted by atomic mass is 35.5. The molecule has 1 saturated heterocycles. The van der Waals surface area contributed by atoms with Gasteiger partial charge in [0.25, 0.3) is 0 Å². The lowest BCUT2D eigenvalue weighted by Crippen LogP contribution is -2.43. The maximum absolute atomic E-state index is 11.6. The number of ketones is 1. The Bertz CT molecular complexity index is 405. The van der Waals surface area contributed by atoms with Crippen LogP contribution < -0.4 is 0 Å². The van der Waals surface area contributed by atoms with E-state index in [-0.39, 0.29) is 11.8 Å². The number of benzene rings is 1. The normalized spacial score (nSPS) is 21.4. The van der Waals surface area contributed by atoms with Gasteiger partial charge in [-0.3, -0.25) is 9.69 Å². The number of likely N-dealkylation sites (tertiary alicyclic amines) is 1. The fraction of sp³-hybridized carbons (Fsp3) is 0.500. The van der Waals surface area contributed by atoms with Crippen LogP contribution in [0, 0.1) is 0 Å². The van der Waals surface area contributed by atoms with Gasteiger partial charge in [-0.2, -0.15) is 0 Å². The molecule has 1 heterocycles. The zero-order chi connectivity index (χ0) is 12.3. The van der Waals surface area contributed by atoms with Gasteiger partial charge in [0.15, 0.2) is 0 Å². The lowest BCUT2D eigenvalue weighted by molar-refractivity contribution is -0.123. The van der Waals surface area contributed by atoms with E-state index in [1.807, 2.05) is 18.2 Å². The number of hydrogen-bond acceptors (Lipinski definition) is 2. The van der Waals surface area contributed by atoms with Crippen LogP contribution in [0.2, 0.25) is 5.02 Å². The van der Waals surface area contributed by atoms with Gasteiger partial charge in [-0.25, -0.2) is 0 Å². The van der Waals surface area contributed by atoms with Crippen LogP contribution in [0.5, 0.6) is 0 Å². The van der Waals surface area contributed by atoms with E-state index in [9.17, 15) is 4.79 Å². The third-order valence-electron chi connectivity index (χ3n) is 3.36. The molecule has 0 bridgehead atoms. The average Bonchev–Trinajstić information content (AvgIpc) is 2.29. The van der Waals surface area contributed by atoms with Crippen LogP contribution in [0.4, 0.5) is 0 Å². The first-order valence-corrected chi connectivity index (χ1v) is 6.53. The van der Waals surface area contributed by atoms with Gasteiger partial charge in [0.1, 0.15) is 5.78 Å². The van der Waals surface area contributed by atoms with Crippen molar-refractivity contribution < 1.29 is 4.79 Å². The molecule has 17 heavy (non-hydrogen) atoms. The van der Waals surface area contributed by atoms with Gasteiger partial charge in [0, 0.05) is 11.6 Å². The zero-order valence-electron chi connectivity index (χ0n) is 10.2. The molecular weight excluding hydrogens is 234 g/mol. The minimum Gasteiger partial charge on any atom is -0.298 e. The second kappa shape index (κ2) is 5.65. The molecular formula is C14H18ClNO. The van der Waals surface area contributed by atoms with Crippen LogP contribution in [0.15, 0.2) is 24.3 Å². The Morgan fingerprint density at radius 1 is 1.47 bits per heavy atom. The van der Waals surface area contributed by atoms with E-state index < -0.39 is 0 Å². The average molecular weight is 252 g/mol. The van der Waals surface area contributed by atoms with Crippen LogP contribution >= 0.6 is 11.6 Å². The highest BCUT2D eigenvalue weighted by molar-refractivity contribution is 6.30. The molecule has 0 aliphatic carbocycles. The number of nitrogens with zero attached hydrogens (tertiary/aromatic N) is 1. The van der Waals surface area contributed by atoms with E-state index in [4.69, 9.17) is 11.6 Å². The fourth-order valence-corrected chi connectivity index (χ4v) is 2.72. The van der Waals surface area contributed by atoms with Crippen LogP contribution in [-0.2, 0) is 11.3 Å². The van der Waals surface area contributed by atoms with Crippen molar-refractivity contribution in [1.29, 1.82) is 0 Å². The summed E-state index contributed by atoms with van der Waals surface area (Å²) in [4.78, 5) is 13.9. The van der Waals surface area contributed by atoms with Gasteiger partial charge >= 0.3 is 0 Å². The first-order chi connectivity index (χ1) is 8.16. The number of hydrogen-bond donors (Lipinski definition) is 0. The van der Waals surface area contributed by atoms with Crippen LogP contribution in [0.3, 0.4) is 0 Å². The second-order valence-corrected chi connectivity index (χ2v) is 5.16. The molecule has 3 heteroatoms. The standard InChI is InChI=1S/C14H18ClNO/c1-11(17)14-7-2-3-8-16(14)10-12-5-4-6-13(15)9-12/h4-6,9,14H,2-3,7-8,10H2,1H3. The summed E-state index contributed by atoms with van der Waals surface area (Å²) < 4.78 is 0. The van der Waals surface area contributed by atoms with Crippen molar-refractivity contribution >= 4 is 17.4 Å². The van der Waals surface area contributed by atoms with Crippen molar-refractivity contribution in [2.75, 3.05) is 6.54 Å². The number of halogens is 1. The molecule has 0 radical (unpaired) electrons. The molecule has 0 aromatic heterocycles. The molecule has 0 amide bonds. The summed E-state index contributed by atoms with van der Waals surface area (Å²) in [5.41, 5.74) is 1.19. The Kier molecular flexibility index (Phi) is 4.19. The zero-order valence-corrected chi connectivity index (χ0v) is 10.9. The smallest absolute Gasteiger partial charge is 0.146 e. The third kappa shape index (κ3) is 3.30. The lowest BCUT2D eigenvalue weighted by Gasteiger charge is -2.34. The van der Waals surface area contributed by atoms with Gasteiger partial charge < -0.3 is 0 Å². The molecule has 1 fully saturated rings. The van der Waals surface area contributed by atoms with Crippen LogP contribution in [0.25, 0.3) is 0 Å². The number of carbonyl (C=O) groups excluding carboxylic acids is 1. The third-order valence-corrected chi connectivity index (χ3v) is 3.59. The first-order valence-electron chi connectivity index (χ1n) is 6.16. The highest BCUT2D eigenvalue weighted by Gasteiger charge is 2.25. The van der Waals surface area contributed by atoms with Gasteiger partial charge in [0.05, 0.1) is 6.04 Å². The Balaban J connectivity index is 2.08. The molecule has 2 nitrogen and oxygen atoms in total. The van der Waals surface area contributed by atoms with Gasteiger partial charge in [0.2, 0.25) is 0 Å². The highest BCUT2D eigenvalue weighted by Crippen LogP contribution is 2.21. The summed E-state index contributed by atoms with van der Waals surface area (Å²) >= 11 is 5.98. The Labute approximate surface area is 108 Å². The van der Waals surface area contributed by atoms with Gasteiger partial charge in [-0.1, -0.05) is 30.2 Å². The Morgan fingerprint density at radius 3 is 3.00 bits per heavy atom. The van der Waals surface area contributed by atoms with E-state index >= 15 is 0 Å². The lowest BCUT2D eigenvalue weighted by atomic mass is 9.98. The second-order valence-electron chi connectivity index (χ2n) is 4.72. The SMILES string of the molecule is CC(=O)C1CCCCN1Cc1cccc(Cl)c1. The van der Waals surface area contributed by atoms with Gasteiger partial charge in [-0.15, -0.1) is 0 Å². The fourth-order valence-electron chi connectivity index (χ4n) is 2.51. The Hall–Kier alpha value is -0.860. The van der Waals surface area contributed by atoms with Crippen molar-refractivity contribution in [3.63, 3.8) is 0 Å². The summed E-state index contributed by atoms with van der Waals surface area (Å²) in [6.07, 6.45) is 3.34. The summed E-state index contributed by atoms with van der Waals surface area (Å²) in [5.74, 6) is 0.284. The molecule has 0 saturated carbocycles. The Morgan fingerprint density at radius 2 is 2.29 bits per heavy atom. The maximum Gasteiger partial charge on any atom is 0.146 e. The summed E-state index contributed by atoms with van der Waals surface area (Å²) in [5, 5.41) is 0.763. The number of Topliss-reactive ketones (excluding diaryl/α,β-unsaturated/α-hetero) is 1. The number of carbonyl (C=O) groups is 1. The quantitative estimate of drug-likeness (QED) is 0.822. The van der Waals surface area contributed by atoms with E-state index in [0.29, 0.717) is 0 Å². The number of piperidine rings is 1. The summed E-state index contributed by atoms with van der Waals surface area (Å²) in [7, 11) is 0. The van der Waals surface area contributed by atoms with Crippen LogP contribution in [-0.4, -0.2) is 23.3 Å². The van der Waals surface area contributed by atoms with E-state index in [0.717, 1.165) is 31.0 Å². The molecule has 92 valence electrons. The molecule has 1 aliphatic rings. The minimum absolute atomic E-state index is 0.0998. The predicted octanol–water partition coefficient (Wildman–Crippen LogP) is 3.28. The van der Waals surface area contributed by atoms with E-state index in [2.05, 4.69) is 11.0 Å². The van der Waals surface area contributed by atoms with Gasteiger partial charge in [-0.05, 0) is 44.0 Å². The molecule has 1 atom stereocenters. The van der Waals surface area contributed by atoms with Crippen molar-refractivity contribution in [2.45, 2.75) is 38.8 Å². The summed E-state index contributed by atoms with van der Waals surface area (Å²) in [6.45, 7) is 3.53. The number of rotatable bonds is 3. The van der Waals surface area contributed by atoms with E-state index in [1.54, 1.807) is 6.92 Å². The van der Waals surface area contributed by atoms with Crippen molar-refractivity contribution in [3.8, 4) is 0 Å². The van der Waals surface area contributed by atoms with E-state index in [1.165, 1.54) is 12.0 Å². The van der Waals surface area contributed by atoms with Crippen molar-refractivity contribution in [3.05, 3.63) is 34.9 Å². The molecule has 1 aliphatic heterocycles. The van der Waals surface area contributed by atoms with Crippen LogP contribution in [0.1, 0.15) is 31.7 Å². The summed E-state index contributed by atoms with van der Waals surface area (Å²) in [6, 6.07) is 7.99. The van der Waals surface area contributed by atoms with Crippen molar-refractivity contribution in [1.82, 2.24) is 4.90 Å². The maximum atomic E-state index is 11.6. The first kappa shape index (κ1) is 12.6. The molecule has 1 aromatic carbocycles. The molecule has 0 N–H and O–H groups in total. The minimum atomic E-state index is 0.0998. The molecule has 2 rings (SSSR count).